The van der Waals surface area contributed by atoms with Gasteiger partial charge in [-0.05, 0) is 58.7 Å². The summed E-state index contributed by atoms with van der Waals surface area (Å²) in [6.07, 6.45) is 1.04. The Kier molecular flexibility index (Phi) is 5.61. The van der Waals surface area contributed by atoms with Crippen molar-refractivity contribution in [2.45, 2.75) is 26.2 Å². The number of rotatable bonds is 4. The van der Waals surface area contributed by atoms with Gasteiger partial charge in [0, 0.05) is 9.26 Å². The highest BCUT2D eigenvalue weighted by atomic mass is 127. The van der Waals surface area contributed by atoms with Gasteiger partial charge in [0.25, 0.3) is 0 Å². The highest BCUT2D eigenvalue weighted by molar-refractivity contribution is 14.1. The Labute approximate surface area is 139 Å². The molecule has 0 aromatic heterocycles. The highest BCUT2D eigenvalue weighted by Gasteiger charge is 2.11. The monoisotopic (exact) mass is 394 g/mol. The van der Waals surface area contributed by atoms with Crippen molar-refractivity contribution in [3.63, 3.8) is 0 Å². The number of carbonyl (C=O) groups is 1. The third-order valence-electron chi connectivity index (χ3n) is 3.47. The van der Waals surface area contributed by atoms with Crippen LogP contribution < -0.4 is 10.6 Å². The molecule has 0 bridgehead atoms. The van der Waals surface area contributed by atoms with Crippen LogP contribution >= 0.6 is 22.6 Å². The number of carbonyl (C=O) groups excluding carboxylic acids is 1. The fraction of sp³-hybridized carbons (Fsp3) is 0.235. The zero-order valence-corrected chi connectivity index (χ0v) is 14.3. The number of hydrogen-bond donors (Lipinski definition) is 2. The van der Waals surface area contributed by atoms with Crippen LogP contribution in [0.15, 0.2) is 48.5 Å². The molecular formula is C17H19IN2O. The second-order valence-electron chi connectivity index (χ2n) is 4.96. The average molecular weight is 394 g/mol. The minimum absolute atomic E-state index is 0.213. The van der Waals surface area contributed by atoms with Crippen LogP contribution in [0.1, 0.15) is 31.7 Å². The van der Waals surface area contributed by atoms with Crippen molar-refractivity contribution >= 4 is 40.0 Å². The maximum absolute atomic E-state index is 12.2. The van der Waals surface area contributed by atoms with Crippen molar-refractivity contribution < 1.29 is 4.79 Å². The van der Waals surface area contributed by atoms with Crippen LogP contribution in [0.4, 0.5) is 16.2 Å². The predicted octanol–water partition coefficient (Wildman–Crippen LogP) is 5.45. The van der Waals surface area contributed by atoms with E-state index in [9.17, 15) is 4.79 Å². The van der Waals surface area contributed by atoms with Crippen molar-refractivity contribution in [3.8, 4) is 0 Å². The quantitative estimate of drug-likeness (QED) is 0.666. The lowest BCUT2D eigenvalue weighted by Gasteiger charge is -2.16. The summed E-state index contributed by atoms with van der Waals surface area (Å²) in [5, 5.41) is 5.83. The lowest BCUT2D eigenvalue weighted by molar-refractivity contribution is 0.262. The number of urea groups is 1. The molecule has 0 heterocycles. The largest absolute Gasteiger partial charge is 0.323 e. The zero-order chi connectivity index (χ0) is 15.2. The van der Waals surface area contributed by atoms with Gasteiger partial charge in [-0.2, -0.15) is 0 Å². The second-order valence-corrected chi connectivity index (χ2v) is 6.12. The third kappa shape index (κ3) is 4.20. The first kappa shape index (κ1) is 15.8. The molecule has 2 aromatic carbocycles. The molecule has 3 nitrogen and oxygen atoms in total. The van der Waals surface area contributed by atoms with Gasteiger partial charge in [-0.3, -0.25) is 0 Å². The van der Waals surface area contributed by atoms with Gasteiger partial charge in [-0.1, -0.05) is 44.2 Å². The van der Waals surface area contributed by atoms with Crippen LogP contribution in [0, 0.1) is 3.57 Å². The molecule has 4 heteroatoms. The first-order valence-corrected chi connectivity index (χ1v) is 8.11. The van der Waals surface area contributed by atoms with Crippen LogP contribution in [-0.4, -0.2) is 6.03 Å². The summed E-state index contributed by atoms with van der Waals surface area (Å²) in [6.45, 7) is 4.31. The van der Waals surface area contributed by atoms with Gasteiger partial charge in [-0.15, -0.1) is 0 Å². The van der Waals surface area contributed by atoms with Crippen LogP contribution in [0.25, 0.3) is 0 Å². The smallest absolute Gasteiger partial charge is 0.307 e. The maximum atomic E-state index is 12.2. The molecule has 1 atom stereocenters. The lowest BCUT2D eigenvalue weighted by Crippen LogP contribution is -2.21. The van der Waals surface area contributed by atoms with Crippen LogP contribution in [-0.2, 0) is 0 Å². The Morgan fingerprint density at radius 3 is 2.29 bits per heavy atom. The van der Waals surface area contributed by atoms with E-state index in [-0.39, 0.29) is 6.03 Å². The summed E-state index contributed by atoms with van der Waals surface area (Å²) >= 11 is 2.21. The van der Waals surface area contributed by atoms with Crippen molar-refractivity contribution in [1.29, 1.82) is 0 Å². The zero-order valence-electron chi connectivity index (χ0n) is 12.2. The van der Waals surface area contributed by atoms with Crippen molar-refractivity contribution in [1.82, 2.24) is 0 Å². The second kappa shape index (κ2) is 7.45. The number of anilines is 2. The predicted molar refractivity (Wildman–Crippen MR) is 96.9 cm³/mol. The van der Waals surface area contributed by atoms with Crippen LogP contribution in [0.3, 0.4) is 0 Å². The molecule has 2 N–H and O–H groups in total. The topological polar surface area (TPSA) is 41.1 Å². The molecule has 2 rings (SSSR count). The highest BCUT2D eigenvalue weighted by Crippen LogP contribution is 2.26. The molecule has 0 saturated heterocycles. The Morgan fingerprint density at radius 1 is 1.05 bits per heavy atom. The molecular weight excluding hydrogens is 375 g/mol. The van der Waals surface area contributed by atoms with Crippen molar-refractivity contribution in [2.75, 3.05) is 10.6 Å². The van der Waals surface area contributed by atoms with E-state index in [1.807, 2.05) is 42.5 Å². The Morgan fingerprint density at radius 2 is 1.62 bits per heavy atom. The molecule has 2 amide bonds. The molecule has 110 valence electrons. The number of amides is 2. The number of nitrogens with one attached hydrogen (secondary N) is 2. The van der Waals surface area contributed by atoms with E-state index in [0.717, 1.165) is 26.9 Å². The summed E-state index contributed by atoms with van der Waals surface area (Å²) < 4.78 is 1.01. The van der Waals surface area contributed by atoms with Crippen LogP contribution in [0.2, 0.25) is 0 Å². The van der Waals surface area contributed by atoms with Gasteiger partial charge in [0.1, 0.15) is 0 Å². The van der Waals surface area contributed by atoms with Crippen LogP contribution in [0.5, 0.6) is 0 Å². The van der Waals surface area contributed by atoms with Gasteiger partial charge in [0.05, 0.1) is 5.69 Å². The summed E-state index contributed by atoms with van der Waals surface area (Å²) in [5.74, 6) is 0.415. The van der Waals surface area contributed by atoms with Crippen molar-refractivity contribution in [2.24, 2.45) is 0 Å². The lowest BCUT2D eigenvalue weighted by atomic mass is 9.97. The molecule has 0 radical (unpaired) electrons. The number of hydrogen-bond acceptors (Lipinski definition) is 1. The Bertz CT molecular complexity index is 628. The Hall–Kier alpha value is -1.56. The van der Waals surface area contributed by atoms with E-state index in [1.54, 1.807) is 0 Å². The van der Waals surface area contributed by atoms with Gasteiger partial charge in [0.15, 0.2) is 0 Å². The summed E-state index contributed by atoms with van der Waals surface area (Å²) in [5.41, 5.74) is 2.85. The molecule has 21 heavy (non-hydrogen) atoms. The molecule has 0 saturated carbocycles. The van der Waals surface area contributed by atoms with E-state index in [1.165, 1.54) is 0 Å². The first-order valence-electron chi connectivity index (χ1n) is 7.03. The van der Waals surface area contributed by atoms with E-state index in [0.29, 0.717) is 5.92 Å². The molecule has 0 fully saturated rings. The van der Waals surface area contributed by atoms with Gasteiger partial charge >= 0.3 is 6.03 Å². The summed E-state index contributed by atoms with van der Waals surface area (Å²) in [4.78, 5) is 12.2. The van der Waals surface area contributed by atoms with Gasteiger partial charge in [0.2, 0.25) is 0 Å². The summed E-state index contributed by atoms with van der Waals surface area (Å²) in [6, 6.07) is 15.4. The van der Waals surface area contributed by atoms with Gasteiger partial charge < -0.3 is 10.6 Å². The maximum Gasteiger partial charge on any atom is 0.323 e. The SMILES string of the molecule is CCC(C)c1ccccc1NC(=O)Nc1ccccc1I. The first-order chi connectivity index (χ1) is 10.1. The third-order valence-corrected chi connectivity index (χ3v) is 4.42. The molecule has 0 aliphatic heterocycles. The Balaban J connectivity index is 2.12. The van der Waals surface area contributed by atoms with E-state index >= 15 is 0 Å². The normalized spacial score (nSPS) is 11.8. The minimum Gasteiger partial charge on any atom is -0.307 e. The molecule has 0 spiro atoms. The van der Waals surface area contributed by atoms with E-state index in [4.69, 9.17) is 0 Å². The molecule has 2 aromatic rings. The average Bonchev–Trinajstić information content (AvgIpc) is 2.49. The van der Waals surface area contributed by atoms with E-state index in [2.05, 4.69) is 53.1 Å². The van der Waals surface area contributed by atoms with E-state index < -0.39 is 0 Å². The fourth-order valence-electron chi connectivity index (χ4n) is 2.10. The number of halogens is 1. The van der Waals surface area contributed by atoms with Gasteiger partial charge in [-0.25, -0.2) is 4.79 Å². The summed E-state index contributed by atoms with van der Waals surface area (Å²) in [7, 11) is 0. The van der Waals surface area contributed by atoms with Crippen molar-refractivity contribution in [3.05, 3.63) is 57.7 Å². The number of para-hydroxylation sites is 2. The number of benzene rings is 2. The standard InChI is InChI=1S/C17H19IN2O/c1-3-12(2)13-8-4-6-10-15(13)19-17(21)20-16-11-7-5-9-14(16)18/h4-12H,3H2,1-2H3,(H2,19,20,21). The molecule has 1 unspecified atom stereocenters. The molecule has 0 aliphatic rings. The molecule has 0 aliphatic carbocycles. The minimum atomic E-state index is -0.213. The fourth-order valence-corrected chi connectivity index (χ4v) is 2.62.